The predicted molar refractivity (Wildman–Crippen MR) is 74.3 cm³/mol. The molecule has 100 valence electrons. The Morgan fingerprint density at radius 3 is 2.60 bits per heavy atom. The number of hydrogen-bond acceptors (Lipinski definition) is 4. The van der Waals surface area contributed by atoms with Crippen LogP contribution in [0.25, 0.3) is 5.69 Å². The molecule has 1 atom stereocenters. The van der Waals surface area contributed by atoms with Crippen molar-refractivity contribution in [1.82, 2.24) is 20.0 Å². The first kappa shape index (κ1) is 12.5. The molecule has 3 aromatic rings. The second-order valence-electron chi connectivity index (χ2n) is 4.44. The van der Waals surface area contributed by atoms with Gasteiger partial charge in [-0.05, 0) is 24.3 Å². The lowest BCUT2D eigenvalue weighted by Crippen LogP contribution is -2.05. The fourth-order valence-electron chi connectivity index (χ4n) is 1.93. The zero-order chi connectivity index (χ0) is 13.8. The molecule has 2 heterocycles. The number of aliphatic hydroxyl groups is 1. The summed E-state index contributed by atoms with van der Waals surface area (Å²) in [5.74, 6) is 0. The van der Waals surface area contributed by atoms with Crippen LogP contribution in [0.5, 0.6) is 0 Å². The van der Waals surface area contributed by atoms with Gasteiger partial charge in [-0.15, -0.1) is 0 Å². The lowest BCUT2D eigenvalue weighted by Gasteiger charge is -2.06. The summed E-state index contributed by atoms with van der Waals surface area (Å²) in [5, 5.41) is 18.7. The summed E-state index contributed by atoms with van der Waals surface area (Å²) in [5.41, 5.74) is 2.23. The van der Waals surface area contributed by atoms with E-state index in [9.17, 15) is 5.11 Å². The number of para-hydroxylation sites is 1. The second kappa shape index (κ2) is 5.63. The van der Waals surface area contributed by atoms with Crippen LogP contribution in [0.3, 0.4) is 0 Å². The number of nitrogens with zero attached hydrogens (tertiary/aromatic N) is 4. The molecular weight excluding hydrogens is 252 g/mol. The molecule has 0 saturated heterocycles. The third-order valence-electron chi connectivity index (χ3n) is 2.97. The molecule has 0 aliphatic rings. The van der Waals surface area contributed by atoms with Crippen LogP contribution < -0.4 is 0 Å². The Kier molecular flexibility index (Phi) is 3.52. The van der Waals surface area contributed by atoms with Crippen LogP contribution in [-0.2, 0) is 6.42 Å². The van der Waals surface area contributed by atoms with E-state index in [1.807, 2.05) is 48.5 Å². The van der Waals surface area contributed by atoms with Crippen molar-refractivity contribution in [2.75, 3.05) is 0 Å². The molecule has 20 heavy (non-hydrogen) atoms. The van der Waals surface area contributed by atoms with Crippen molar-refractivity contribution in [2.24, 2.45) is 0 Å². The van der Waals surface area contributed by atoms with E-state index in [0.29, 0.717) is 12.1 Å². The molecule has 1 aromatic carbocycles. The maximum atomic E-state index is 10.2. The molecule has 0 saturated carbocycles. The molecule has 1 unspecified atom stereocenters. The van der Waals surface area contributed by atoms with Gasteiger partial charge in [-0.3, -0.25) is 4.98 Å². The standard InChI is InChI=1S/C15H14N4O/c20-15(10-12-6-4-5-9-16-12)14-11-17-19(18-14)13-7-2-1-3-8-13/h1-9,11,15,20H,10H2. The van der Waals surface area contributed by atoms with Gasteiger partial charge in [0.05, 0.1) is 11.9 Å². The Hall–Kier alpha value is -2.53. The third kappa shape index (κ3) is 2.73. The molecule has 0 bridgehead atoms. The van der Waals surface area contributed by atoms with Gasteiger partial charge < -0.3 is 5.11 Å². The van der Waals surface area contributed by atoms with Crippen molar-refractivity contribution in [3.8, 4) is 5.69 Å². The molecule has 5 heteroatoms. The Balaban J connectivity index is 1.77. The molecular formula is C15H14N4O. The minimum atomic E-state index is -0.706. The molecule has 0 fully saturated rings. The highest BCUT2D eigenvalue weighted by Crippen LogP contribution is 2.15. The van der Waals surface area contributed by atoms with E-state index in [1.54, 1.807) is 12.4 Å². The Morgan fingerprint density at radius 2 is 1.85 bits per heavy atom. The average molecular weight is 266 g/mol. The Morgan fingerprint density at radius 1 is 1.05 bits per heavy atom. The van der Waals surface area contributed by atoms with Gasteiger partial charge >= 0.3 is 0 Å². The van der Waals surface area contributed by atoms with Gasteiger partial charge in [-0.25, -0.2) is 0 Å². The fraction of sp³-hybridized carbons (Fsp3) is 0.133. The first-order valence-corrected chi connectivity index (χ1v) is 6.38. The SMILES string of the molecule is OC(Cc1ccccn1)c1cnn(-c2ccccc2)n1. The molecule has 0 aliphatic heterocycles. The first-order chi connectivity index (χ1) is 9.83. The van der Waals surface area contributed by atoms with Gasteiger partial charge in [0.1, 0.15) is 11.8 Å². The largest absolute Gasteiger partial charge is 0.386 e. The molecule has 3 rings (SSSR count). The summed E-state index contributed by atoms with van der Waals surface area (Å²) >= 11 is 0. The van der Waals surface area contributed by atoms with E-state index < -0.39 is 6.10 Å². The van der Waals surface area contributed by atoms with Crippen molar-refractivity contribution in [1.29, 1.82) is 0 Å². The lowest BCUT2D eigenvalue weighted by molar-refractivity contribution is 0.172. The topological polar surface area (TPSA) is 63.8 Å². The van der Waals surface area contributed by atoms with Crippen LogP contribution >= 0.6 is 0 Å². The Bertz CT molecular complexity index is 667. The Labute approximate surface area is 116 Å². The molecule has 0 radical (unpaired) electrons. The summed E-state index contributed by atoms with van der Waals surface area (Å²) in [6, 6.07) is 15.2. The first-order valence-electron chi connectivity index (χ1n) is 6.38. The number of aromatic nitrogens is 4. The van der Waals surface area contributed by atoms with Gasteiger partial charge in [0.15, 0.2) is 0 Å². The molecule has 0 aliphatic carbocycles. The van der Waals surface area contributed by atoms with E-state index in [-0.39, 0.29) is 0 Å². The van der Waals surface area contributed by atoms with Gasteiger partial charge in [-0.2, -0.15) is 15.0 Å². The highest BCUT2D eigenvalue weighted by atomic mass is 16.3. The fourth-order valence-corrected chi connectivity index (χ4v) is 1.93. The highest BCUT2D eigenvalue weighted by Gasteiger charge is 2.13. The van der Waals surface area contributed by atoms with E-state index in [1.165, 1.54) is 4.80 Å². The summed E-state index contributed by atoms with van der Waals surface area (Å²) in [7, 11) is 0. The van der Waals surface area contributed by atoms with E-state index >= 15 is 0 Å². The van der Waals surface area contributed by atoms with E-state index in [0.717, 1.165) is 11.4 Å². The lowest BCUT2D eigenvalue weighted by atomic mass is 10.1. The number of pyridine rings is 1. The van der Waals surface area contributed by atoms with Crippen molar-refractivity contribution in [3.05, 3.63) is 72.3 Å². The van der Waals surface area contributed by atoms with Crippen LogP contribution in [0.15, 0.2) is 60.9 Å². The summed E-state index contributed by atoms with van der Waals surface area (Å²) in [6.07, 6.45) is 3.01. The summed E-state index contributed by atoms with van der Waals surface area (Å²) < 4.78 is 0. The van der Waals surface area contributed by atoms with Gasteiger partial charge in [0.2, 0.25) is 0 Å². The number of rotatable bonds is 4. The number of hydrogen-bond donors (Lipinski definition) is 1. The molecule has 0 amide bonds. The zero-order valence-electron chi connectivity index (χ0n) is 10.8. The summed E-state index contributed by atoms with van der Waals surface area (Å²) in [6.45, 7) is 0. The minimum Gasteiger partial charge on any atom is -0.386 e. The van der Waals surface area contributed by atoms with E-state index in [2.05, 4.69) is 15.2 Å². The number of benzene rings is 1. The predicted octanol–water partition coefficient (Wildman–Crippen LogP) is 1.94. The smallest absolute Gasteiger partial charge is 0.112 e. The normalized spacial score (nSPS) is 12.2. The van der Waals surface area contributed by atoms with Gasteiger partial charge in [-0.1, -0.05) is 24.3 Å². The molecule has 1 N–H and O–H groups in total. The van der Waals surface area contributed by atoms with Crippen molar-refractivity contribution in [3.63, 3.8) is 0 Å². The van der Waals surface area contributed by atoms with Crippen LogP contribution in [-0.4, -0.2) is 25.1 Å². The maximum absolute atomic E-state index is 10.2. The average Bonchev–Trinajstić information content (AvgIpc) is 2.99. The van der Waals surface area contributed by atoms with E-state index in [4.69, 9.17) is 0 Å². The third-order valence-corrected chi connectivity index (χ3v) is 2.97. The maximum Gasteiger partial charge on any atom is 0.112 e. The van der Waals surface area contributed by atoms with Gasteiger partial charge in [0.25, 0.3) is 0 Å². The minimum absolute atomic E-state index is 0.425. The summed E-state index contributed by atoms with van der Waals surface area (Å²) in [4.78, 5) is 5.71. The van der Waals surface area contributed by atoms with Crippen LogP contribution in [0.4, 0.5) is 0 Å². The highest BCUT2D eigenvalue weighted by molar-refractivity contribution is 5.28. The zero-order valence-corrected chi connectivity index (χ0v) is 10.8. The van der Waals surface area contributed by atoms with Crippen LogP contribution in [0.1, 0.15) is 17.5 Å². The van der Waals surface area contributed by atoms with Gasteiger partial charge in [0, 0.05) is 18.3 Å². The van der Waals surface area contributed by atoms with Crippen molar-refractivity contribution < 1.29 is 5.11 Å². The molecule has 0 spiro atoms. The molecule has 2 aromatic heterocycles. The van der Waals surface area contributed by atoms with Crippen molar-refractivity contribution >= 4 is 0 Å². The second-order valence-corrected chi connectivity index (χ2v) is 4.44. The molecule has 5 nitrogen and oxygen atoms in total. The van der Waals surface area contributed by atoms with Crippen LogP contribution in [0.2, 0.25) is 0 Å². The quantitative estimate of drug-likeness (QED) is 0.783. The van der Waals surface area contributed by atoms with Crippen molar-refractivity contribution in [2.45, 2.75) is 12.5 Å². The number of aliphatic hydroxyl groups excluding tert-OH is 1. The monoisotopic (exact) mass is 266 g/mol. The van der Waals surface area contributed by atoms with Crippen LogP contribution in [0, 0.1) is 0 Å².